The third-order valence-electron chi connectivity index (χ3n) is 3.82. The van der Waals surface area contributed by atoms with Gasteiger partial charge >= 0.3 is 0 Å². The normalized spacial score (nSPS) is 11.1. The standard InChI is InChI=1S/C18H33NO3/c20-18-16-14-12-10-8-6-4-2-1-3-5-7-9-11-13-15-17-19(21)22/h6,8,18H,1-5,7,9-17H2/b8-6-. The number of nitro groups is 1. The maximum Gasteiger partial charge on any atom is 0.203 e. The first-order chi connectivity index (χ1) is 10.8. The highest BCUT2D eigenvalue weighted by molar-refractivity contribution is 5.48. The van der Waals surface area contributed by atoms with Crippen LogP contribution >= 0.6 is 0 Å². The zero-order valence-electron chi connectivity index (χ0n) is 14.0. The molecule has 0 aromatic carbocycles. The van der Waals surface area contributed by atoms with Gasteiger partial charge in [-0.15, -0.1) is 0 Å². The highest BCUT2D eigenvalue weighted by Crippen LogP contribution is 2.11. The van der Waals surface area contributed by atoms with E-state index in [1.165, 1.54) is 44.9 Å². The van der Waals surface area contributed by atoms with Gasteiger partial charge in [-0.05, 0) is 38.5 Å². The van der Waals surface area contributed by atoms with E-state index in [1.807, 2.05) is 0 Å². The molecule has 0 saturated heterocycles. The van der Waals surface area contributed by atoms with Crippen molar-refractivity contribution < 1.29 is 9.72 Å². The molecule has 0 radical (unpaired) electrons. The van der Waals surface area contributed by atoms with E-state index in [0.29, 0.717) is 6.42 Å². The average Bonchev–Trinajstić information content (AvgIpc) is 2.50. The molecule has 0 rings (SSSR count). The zero-order chi connectivity index (χ0) is 16.3. The third-order valence-corrected chi connectivity index (χ3v) is 3.82. The minimum atomic E-state index is -0.223. The largest absolute Gasteiger partial charge is 0.303 e. The van der Waals surface area contributed by atoms with Crippen molar-refractivity contribution in [2.75, 3.05) is 6.54 Å². The number of hydrogen-bond donors (Lipinski definition) is 0. The molecule has 0 atom stereocenters. The van der Waals surface area contributed by atoms with Gasteiger partial charge in [0.2, 0.25) is 6.54 Å². The monoisotopic (exact) mass is 311 g/mol. The van der Waals surface area contributed by atoms with Gasteiger partial charge in [0.1, 0.15) is 6.29 Å². The van der Waals surface area contributed by atoms with Crippen molar-refractivity contribution in [1.82, 2.24) is 0 Å². The lowest BCUT2D eigenvalue weighted by Crippen LogP contribution is -1.99. The fourth-order valence-corrected chi connectivity index (χ4v) is 2.47. The minimum Gasteiger partial charge on any atom is -0.303 e. The number of unbranched alkanes of at least 4 members (excludes halogenated alkanes) is 12. The van der Waals surface area contributed by atoms with Gasteiger partial charge in [0.25, 0.3) is 0 Å². The Morgan fingerprint density at radius 1 is 0.636 bits per heavy atom. The van der Waals surface area contributed by atoms with E-state index in [0.717, 1.165) is 44.8 Å². The molecule has 0 unspecified atom stereocenters. The van der Waals surface area contributed by atoms with Crippen molar-refractivity contribution in [3.05, 3.63) is 22.3 Å². The van der Waals surface area contributed by atoms with E-state index in [-0.39, 0.29) is 11.5 Å². The van der Waals surface area contributed by atoms with Crippen molar-refractivity contribution in [2.24, 2.45) is 0 Å². The SMILES string of the molecule is O=CCCCC/C=C\CCCCCCCCCCC[N+](=O)[O-]. The van der Waals surface area contributed by atoms with Crippen LogP contribution in [-0.2, 0) is 4.79 Å². The Balaban J connectivity index is 3.06. The molecule has 0 aliphatic rings. The first-order valence-electron chi connectivity index (χ1n) is 8.98. The first kappa shape index (κ1) is 20.8. The molecule has 0 aliphatic heterocycles. The molecule has 0 saturated carbocycles. The molecule has 0 aliphatic carbocycles. The summed E-state index contributed by atoms with van der Waals surface area (Å²) in [4.78, 5) is 20.1. The second-order valence-corrected chi connectivity index (χ2v) is 5.95. The molecule has 22 heavy (non-hydrogen) atoms. The zero-order valence-corrected chi connectivity index (χ0v) is 14.0. The van der Waals surface area contributed by atoms with E-state index < -0.39 is 0 Å². The van der Waals surface area contributed by atoms with Crippen LogP contribution in [-0.4, -0.2) is 17.8 Å². The first-order valence-corrected chi connectivity index (χ1v) is 8.98. The van der Waals surface area contributed by atoms with E-state index in [4.69, 9.17) is 0 Å². The van der Waals surface area contributed by atoms with Gasteiger partial charge in [0, 0.05) is 17.8 Å². The molecule has 0 heterocycles. The van der Waals surface area contributed by atoms with Gasteiger partial charge in [-0.25, -0.2) is 0 Å². The van der Waals surface area contributed by atoms with E-state index in [1.54, 1.807) is 0 Å². The summed E-state index contributed by atoms with van der Waals surface area (Å²) >= 11 is 0. The molecule has 0 aromatic heterocycles. The number of carbonyl (C=O) groups excluding carboxylic acids is 1. The van der Waals surface area contributed by atoms with Crippen LogP contribution < -0.4 is 0 Å². The highest BCUT2D eigenvalue weighted by atomic mass is 16.6. The number of hydrogen-bond acceptors (Lipinski definition) is 3. The van der Waals surface area contributed by atoms with Gasteiger partial charge in [-0.3, -0.25) is 10.1 Å². The van der Waals surface area contributed by atoms with Crippen LogP contribution in [0.15, 0.2) is 12.2 Å². The molecule has 0 amide bonds. The van der Waals surface area contributed by atoms with Gasteiger partial charge in [0.05, 0.1) is 0 Å². The predicted molar refractivity (Wildman–Crippen MR) is 91.7 cm³/mol. The summed E-state index contributed by atoms with van der Waals surface area (Å²) in [5, 5.41) is 10.1. The van der Waals surface area contributed by atoms with Gasteiger partial charge < -0.3 is 4.79 Å². The summed E-state index contributed by atoms with van der Waals surface area (Å²) in [6, 6.07) is 0. The van der Waals surface area contributed by atoms with Crippen molar-refractivity contribution in [3.63, 3.8) is 0 Å². The number of nitrogens with zero attached hydrogens (tertiary/aromatic N) is 1. The average molecular weight is 311 g/mol. The van der Waals surface area contributed by atoms with Crippen LogP contribution in [0.5, 0.6) is 0 Å². The molecular weight excluding hydrogens is 278 g/mol. The van der Waals surface area contributed by atoms with Gasteiger partial charge in [-0.1, -0.05) is 50.7 Å². The Kier molecular flexibility index (Phi) is 16.9. The topological polar surface area (TPSA) is 60.2 Å². The Labute approximate surface area is 135 Å². The van der Waals surface area contributed by atoms with Gasteiger partial charge in [0.15, 0.2) is 0 Å². The maximum atomic E-state index is 10.1. The smallest absolute Gasteiger partial charge is 0.203 e. The van der Waals surface area contributed by atoms with Crippen molar-refractivity contribution in [3.8, 4) is 0 Å². The lowest BCUT2D eigenvalue weighted by molar-refractivity contribution is -0.480. The molecule has 0 spiro atoms. The Bertz CT molecular complexity index is 290. The molecule has 4 nitrogen and oxygen atoms in total. The fraction of sp³-hybridized carbons (Fsp3) is 0.833. The highest BCUT2D eigenvalue weighted by Gasteiger charge is 1.96. The molecule has 0 fully saturated rings. The minimum absolute atomic E-state index is 0.130. The molecule has 0 N–H and O–H groups in total. The Morgan fingerprint density at radius 2 is 1.05 bits per heavy atom. The fourth-order valence-electron chi connectivity index (χ4n) is 2.47. The van der Waals surface area contributed by atoms with Crippen LogP contribution in [0.4, 0.5) is 0 Å². The second kappa shape index (κ2) is 17.9. The molecule has 4 heteroatoms. The van der Waals surface area contributed by atoms with Crippen LogP contribution in [0.3, 0.4) is 0 Å². The molecule has 128 valence electrons. The summed E-state index contributed by atoms with van der Waals surface area (Å²) in [6.45, 7) is 0.130. The van der Waals surface area contributed by atoms with Crippen LogP contribution in [0.25, 0.3) is 0 Å². The number of aldehydes is 1. The van der Waals surface area contributed by atoms with E-state index in [2.05, 4.69) is 12.2 Å². The molecule has 0 aromatic rings. The Morgan fingerprint density at radius 3 is 1.55 bits per heavy atom. The van der Waals surface area contributed by atoms with Crippen LogP contribution in [0, 0.1) is 10.1 Å². The summed E-state index contributed by atoms with van der Waals surface area (Å²) in [5.74, 6) is 0. The lowest BCUT2D eigenvalue weighted by Gasteiger charge is -2.01. The summed E-state index contributed by atoms with van der Waals surface area (Å²) < 4.78 is 0. The van der Waals surface area contributed by atoms with Crippen molar-refractivity contribution >= 4 is 6.29 Å². The predicted octanol–water partition coefficient (Wildman–Crippen LogP) is 5.48. The maximum absolute atomic E-state index is 10.1. The Hall–Kier alpha value is -1.19. The van der Waals surface area contributed by atoms with E-state index in [9.17, 15) is 14.9 Å². The van der Waals surface area contributed by atoms with Crippen molar-refractivity contribution in [2.45, 2.75) is 89.9 Å². The summed E-state index contributed by atoms with van der Waals surface area (Å²) in [6.07, 6.45) is 21.2. The number of rotatable bonds is 17. The van der Waals surface area contributed by atoms with E-state index >= 15 is 0 Å². The van der Waals surface area contributed by atoms with Crippen LogP contribution in [0.2, 0.25) is 0 Å². The second-order valence-electron chi connectivity index (χ2n) is 5.95. The van der Waals surface area contributed by atoms with Gasteiger partial charge in [-0.2, -0.15) is 0 Å². The quantitative estimate of drug-likeness (QED) is 0.117. The summed E-state index contributed by atoms with van der Waals surface area (Å²) in [7, 11) is 0. The molecular formula is C18H33NO3. The number of carbonyl (C=O) groups is 1. The molecule has 0 bridgehead atoms. The summed E-state index contributed by atoms with van der Waals surface area (Å²) in [5.41, 5.74) is 0. The third kappa shape index (κ3) is 18.8. The van der Waals surface area contributed by atoms with Crippen molar-refractivity contribution in [1.29, 1.82) is 0 Å². The number of allylic oxidation sites excluding steroid dienone is 2. The lowest BCUT2D eigenvalue weighted by atomic mass is 10.1. The van der Waals surface area contributed by atoms with Crippen LogP contribution in [0.1, 0.15) is 89.9 Å².